The van der Waals surface area contributed by atoms with Crippen LogP contribution < -0.4 is 10.6 Å². The lowest BCUT2D eigenvalue weighted by Gasteiger charge is -2.55. The maximum absolute atomic E-state index is 13.8. The van der Waals surface area contributed by atoms with Gasteiger partial charge in [0, 0.05) is 11.4 Å². The summed E-state index contributed by atoms with van der Waals surface area (Å²) < 4.78 is 13.8. The number of hydrogen-bond donors (Lipinski definition) is 2. The molecule has 2 amide bonds. The van der Waals surface area contributed by atoms with Crippen LogP contribution in [0.5, 0.6) is 0 Å². The third-order valence-corrected chi connectivity index (χ3v) is 7.02. The van der Waals surface area contributed by atoms with E-state index in [9.17, 15) is 14.0 Å². The minimum absolute atomic E-state index is 0.00416. The Hall–Kier alpha value is -2.69. The van der Waals surface area contributed by atoms with Gasteiger partial charge in [-0.2, -0.15) is 0 Å². The van der Waals surface area contributed by atoms with E-state index in [2.05, 4.69) is 10.6 Å². The van der Waals surface area contributed by atoms with Crippen molar-refractivity contribution in [1.29, 1.82) is 0 Å². The summed E-state index contributed by atoms with van der Waals surface area (Å²) in [6.45, 7) is 0. The first-order valence-electron chi connectivity index (χ1n) is 10.5. The summed E-state index contributed by atoms with van der Waals surface area (Å²) >= 11 is 0. The third-order valence-electron chi connectivity index (χ3n) is 7.02. The second-order valence-corrected chi connectivity index (χ2v) is 9.17. The van der Waals surface area contributed by atoms with Crippen molar-refractivity contribution in [3.63, 3.8) is 0 Å². The van der Waals surface area contributed by atoms with E-state index in [-0.39, 0.29) is 16.9 Å². The molecule has 4 saturated carbocycles. The van der Waals surface area contributed by atoms with Gasteiger partial charge in [0.2, 0.25) is 5.91 Å². The molecule has 2 aromatic carbocycles. The fourth-order valence-electron chi connectivity index (χ4n) is 6.17. The molecule has 5 heteroatoms. The predicted molar refractivity (Wildman–Crippen MR) is 110 cm³/mol. The van der Waals surface area contributed by atoms with Gasteiger partial charge in [-0.15, -0.1) is 0 Å². The lowest BCUT2D eigenvalue weighted by Crippen LogP contribution is -2.51. The number of nitrogens with one attached hydrogen (secondary N) is 2. The fourth-order valence-corrected chi connectivity index (χ4v) is 6.17. The minimum atomic E-state index is -0.559. The number of carbonyl (C=O) groups excluding carboxylic acids is 2. The van der Waals surface area contributed by atoms with E-state index in [0.29, 0.717) is 29.1 Å². The molecule has 2 N–H and O–H groups in total. The van der Waals surface area contributed by atoms with Gasteiger partial charge in [0.25, 0.3) is 5.91 Å². The first-order chi connectivity index (χ1) is 14.0. The first kappa shape index (κ1) is 18.3. The van der Waals surface area contributed by atoms with Crippen LogP contribution in [0.25, 0.3) is 0 Å². The summed E-state index contributed by atoms with van der Waals surface area (Å²) in [5.41, 5.74) is 0.968. The molecule has 150 valence electrons. The van der Waals surface area contributed by atoms with Crippen LogP contribution in [0.4, 0.5) is 15.8 Å². The van der Waals surface area contributed by atoms with Gasteiger partial charge in [-0.05, 0) is 86.6 Å². The van der Waals surface area contributed by atoms with Crippen LogP contribution in [-0.4, -0.2) is 11.8 Å². The molecule has 4 bridgehead atoms. The van der Waals surface area contributed by atoms with Crippen LogP contribution in [-0.2, 0) is 4.79 Å². The van der Waals surface area contributed by atoms with Gasteiger partial charge < -0.3 is 10.6 Å². The highest BCUT2D eigenvalue weighted by Gasteiger charge is 2.54. The van der Waals surface area contributed by atoms with Crippen molar-refractivity contribution in [1.82, 2.24) is 0 Å². The first-order valence-corrected chi connectivity index (χ1v) is 10.5. The van der Waals surface area contributed by atoms with Crippen LogP contribution in [0.1, 0.15) is 48.9 Å². The Bertz CT molecular complexity index is 936. The normalized spacial score (nSPS) is 29.5. The maximum atomic E-state index is 13.8. The summed E-state index contributed by atoms with van der Waals surface area (Å²) in [6, 6.07) is 13.0. The molecule has 6 rings (SSSR count). The zero-order valence-corrected chi connectivity index (χ0v) is 16.3. The Morgan fingerprint density at radius 2 is 1.41 bits per heavy atom. The number of halogens is 1. The Morgan fingerprint density at radius 1 is 0.828 bits per heavy atom. The largest absolute Gasteiger partial charge is 0.326 e. The van der Waals surface area contributed by atoms with E-state index < -0.39 is 11.7 Å². The molecule has 0 radical (unpaired) electrons. The number of hydrogen-bond acceptors (Lipinski definition) is 2. The van der Waals surface area contributed by atoms with E-state index in [1.807, 2.05) is 6.07 Å². The summed E-state index contributed by atoms with van der Waals surface area (Å²) in [5, 5.41) is 5.82. The molecule has 0 unspecified atom stereocenters. The molecule has 0 atom stereocenters. The fraction of sp³-hybridized carbons (Fsp3) is 0.417. The number of carbonyl (C=O) groups is 2. The summed E-state index contributed by atoms with van der Waals surface area (Å²) in [6.07, 6.45) is 6.91. The van der Waals surface area contributed by atoms with Crippen molar-refractivity contribution in [3.05, 3.63) is 59.9 Å². The van der Waals surface area contributed by atoms with Crippen molar-refractivity contribution in [3.8, 4) is 0 Å². The van der Waals surface area contributed by atoms with E-state index in [0.717, 1.165) is 19.3 Å². The molecule has 4 fully saturated rings. The van der Waals surface area contributed by atoms with E-state index >= 15 is 0 Å². The average Bonchev–Trinajstić information content (AvgIpc) is 2.67. The van der Waals surface area contributed by atoms with E-state index in [4.69, 9.17) is 0 Å². The zero-order valence-electron chi connectivity index (χ0n) is 16.3. The van der Waals surface area contributed by atoms with Gasteiger partial charge >= 0.3 is 0 Å². The summed E-state index contributed by atoms with van der Waals surface area (Å²) in [5.74, 6) is 1.17. The average molecular weight is 392 g/mol. The van der Waals surface area contributed by atoms with Crippen molar-refractivity contribution >= 4 is 23.2 Å². The van der Waals surface area contributed by atoms with Crippen LogP contribution >= 0.6 is 0 Å². The molecular weight excluding hydrogens is 367 g/mol. The Labute approximate surface area is 169 Å². The van der Waals surface area contributed by atoms with Gasteiger partial charge in [-0.1, -0.05) is 18.2 Å². The maximum Gasteiger partial charge on any atom is 0.258 e. The smallest absolute Gasteiger partial charge is 0.258 e. The number of anilines is 2. The van der Waals surface area contributed by atoms with Crippen LogP contribution in [0.3, 0.4) is 0 Å². The number of benzene rings is 2. The summed E-state index contributed by atoms with van der Waals surface area (Å²) in [7, 11) is 0. The second-order valence-electron chi connectivity index (χ2n) is 9.17. The van der Waals surface area contributed by atoms with Crippen LogP contribution in [0.2, 0.25) is 0 Å². The Kier molecular flexibility index (Phi) is 4.41. The SMILES string of the molecule is O=C(Nc1cccc(NC(=O)C23CC4CC(CC(C4)C2)C3)c1)c1ccccc1F. The third kappa shape index (κ3) is 3.43. The van der Waals surface area contributed by atoms with Gasteiger partial charge in [-0.3, -0.25) is 9.59 Å². The van der Waals surface area contributed by atoms with Crippen molar-refractivity contribution in [2.75, 3.05) is 10.6 Å². The van der Waals surface area contributed by atoms with Crippen molar-refractivity contribution in [2.45, 2.75) is 38.5 Å². The standard InChI is InChI=1S/C24H25FN2O2/c25-21-7-2-1-6-20(21)22(28)26-18-4-3-5-19(11-18)27-23(29)24-12-15-8-16(13-24)10-17(9-15)14-24/h1-7,11,15-17H,8-10,12-14H2,(H,26,28)(H,27,29). The quantitative estimate of drug-likeness (QED) is 0.748. The predicted octanol–water partition coefficient (Wildman–Crippen LogP) is 5.23. The molecule has 4 aliphatic rings. The van der Waals surface area contributed by atoms with Gasteiger partial charge in [-0.25, -0.2) is 4.39 Å². The van der Waals surface area contributed by atoms with E-state index in [1.165, 1.54) is 31.4 Å². The lowest BCUT2D eigenvalue weighted by molar-refractivity contribution is -0.140. The zero-order chi connectivity index (χ0) is 20.0. The number of rotatable bonds is 4. The van der Waals surface area contributed by atoms with Crippen molar-refractivity contribution < 1.29 is 14.0 Å². The van der Waals surface area contributed by atoms with Crippen LogP contribution in [0, 0.1) is 29.0 Å². The van der Waals surface area contributed by atoms with Gasteiger partial charge in [0.05, 0.1) is 11.0 Å². The highest BCUT2D eigenvalue weighted by molar-refractivity contribution is 6.05. The Balaban J connectivity index is 1.30. The highest BCUT2D eigenvalue weighted by atomic mass is 19.1. The molecule has 0 aromatic heterocycles. The van der Waals surface area contributed by atoms with E-state index in [1.54, 1.807) is 30.3 Å². The summed E-state index contributed by atoms with van der Waals surface area (Å²) in [4.78, 5) is 25.6. The molecule has 0 heterocycles. The molecule has 4 nitrogen and oxygen atoms in total. The van der Waals surface area contributed by atoms with Crippen LogP contribution in [0.15, 0.2) is 48.5 Å². The molecule has 2 aromatic rings. The number of amides is 2. The monoisotopic (exact) mass is 392 g/mol. The Morgan fingerprint density at radius 3 is 2.03 bits per heavy atom. The topological polar surface area (TPSA) is 58.2 Å². The lowest BCUT2D eigenvalue weighted by atomic mass is 9.49. The van der Waals surface area contributed by atoms with Crippen molar-refractivity contribution in [2.24, 2.45) is 23.2 Å². The van der Waals surface area contributed by atoms with Gasteiger partial charge in [0.1, 0.15) is 5.82 Å². The highest BCUT2D eigenvalue weighted by Crippen LogP contribution is 2.60. The second kappa shape index (κ2) is 6.97. The molecule has 4 aliphatic carbocycles. The molecule has 29 heavy (non-hydrogen) atoms. The minimum Gasteiger partial charge on any atom is -0.326 e. The molecular formula is C24H25FN2O2. The molecule has 0 aliphatic heterocycles. The molecule has 0 saturated heterocycles. The molecule has 0 spiro atoms. The van der Waals surface area contributed by atoms with Gasteiger partial charge in [0.15, 0.2) is 0 Å².